The minimum absolute atomic E-state index is 0.322. The Morgan fingerprint density at radius 3 is 2.43 bits per heavy atom. The summed E-state index contributed by atoms with van der Waals surface area (Å²) in [5, 5.41) is 0. The standard InChI is InChI=1S/C21H24BN/c1-3-4-17-23-21(19-12-6-5-7-13-19)15-10-16-22(23)20-14-9-8-11-18(20)2/h5-16H,3-4,17H2,1-2H3. The second-order valence-electron chi connectivity index (χ2n) is 6.15. The van der Waals surface area contributed by atoms with E-state index in [1.807, 2.05) is 0 Å². The Hall–Kier alpha value is -2.22. The fraction of sp³-hybridized carbons (Fsp3) is 0.238. The summed E-state index contributed by atoms with van der Waals surface area (Å²) in [7, 11) is 0. The number of rotatable bonds is 5. The third-order valence-corrected chi connectivity index (χ3v) is 4.52. The highest BCUT2D eigenvalue weighted by Gasteiger charge is 2.28. The van der Waals surface area contributed by atoms with E-state index in [0.717, 1.165) is 6.54 Å². The molecule has 0 atom stereocenters. The number of aryl methyl sites for hydroxylation is 1. The zero-order valence-electron chi connectivity index (χ0n) is 14.1. The van der Waals surface area contributed by atoms with Crippen molar-refractivity contribution in [2.24, 2.45) is 0 Å². The van der Waals surface area contributed by atoms with Gasteiger partial charge < -0.3 is 4.81 Å². The van der Waals surface area contributed by atoms with Crippen LogP contribution in [0.2, 0.25) is 0 Å². The van der Waals surface area contributed by atoms with Gasteiger partial charge in [0.25, 0.3) is 0 Å². The molecule has 0 bridgehead atoms. The Kier molecular flexibility index (Phi) is 5.02. The molecule has 116 valence electrons. The fourth-order valence-electron chi connectivity index (χ4n) is 3.25. The number of unbranched alkanes of at least 4 members (excludes halogenated alkanes) is 1. The van der Waals surface area contributed by atoms with Gasteiger partial charge in [-0.15, -0.1) is 0 Å². The number of nitrogens with zero attached hydrogens (tertiary/aromatic N) is 1. The third kappa shape index (κ3) is 3.42. The van der Waals surface area contributed by atoms with Crippen LogP contribution < -0.4 is 5.46 Å². The number of allylic oxidation sites excluding steroid dienone is 2. The van der Waals surface area contributed by atoms with Gasteiger partial charge in [0.2, 0.25) is 0 Å². The molecule has 3 rings (SSSR count). The molecule has 1 nitrogen and oxygen atoms in total. The molecule has 0 aliphatic carbocycles. The Morgan fingerprint density at radius 2 is 1.70 bits per heavy atom. The zero-order valence-corrected chi connectivity index (χ0v) is 14.1. The molecular weight excluding hydrogens is 277 g/mol. The van der Waals surface area contributed by atoms with E-state index < -0.39 is 0 Å². The molecule has 0 N–H and O–H groups in total. The van der Waals surface area contributed by atoms with Crippen LogP contribution in [0.4, 0.5) is 0 Å². The fourth-order valence-corrected chi connectivity index (χ4v) is 3.25. The maximum absolute atomic E-state index is 2.56. The van der Waals surface area contributed by atoms with Crippen LogP contribution in [-0.4, -0.2) is 18.2 Å². The molecule has 0 radical (unpaired) electrons. The van der Waals surface area contributed by atoms with Gasteiger partial charge in [-0.1, -0.05) is 85.6 Å². The lowest BCUT2D eigenvalue weighted by atomic mass is 9.51. The van der Waals surface area contributed by atoms with E-state index in [9.17, 15) is 0 Å². The van der Waals surface area contributed by atoms with Gasteiger partial charge in [-0.2, -0.15) is 0 Å². The van der Waals surface area contributed by atoms with Crippen molar-refractivity contribution in [3.8, 4) is 0 Å². The van der Waals surface area contributed by atoms with E-state index in [0.29, 0.717) is 6.85 Å². The van der Waals surface area contributed by atoms with Crippen LogP contribution in [0.1, 0.15) is 30.9 Å². The topological polar surface area (TPSA) is 3.24 Å². The zero-order chi connectivity index (χ0) is 16.1. The predicted molar refractivity (Wildman–Crippen MR) is 102 cm³/mol. The van der Waals surface area contributed by atoms with Gasteiger partial charge in [-0.05, 0) is 30.4 Å². The summed E-state index contributed by atoms with van der Waals surface area (Å²) >= 11 is 0. The summed E-state index contributed by atoms with van der Waals surface area (Å²) in [6.07, 6.45) is 6.88. The highest BCUT2D eigenvalue weighted by molar-refractivity contribution is 6.77. The maximum atomic E-state index is 2.56. The lowest BCUT2D eigenvalue weighted by Crippen LogP contribution is -2.48. The van der Waals surface area contributed by atoms with Gasteiger partial charge in [0.15, 0.2) is 0 Å². The first-order valence-electron chi connectivity index (χ1n) is 8.57. The molecule has 1 aliphatic rings. The van der Waals surface area contributed by atoms with Crippen LogP contribution >= 0.6 is 0 Å². The van der Waals surface area contributed by atoms with E-state index in [-0.39, 0.29) is 0 Å². The summed E-state index contributed by atoms with van der Waals surface area (Å²) in [5.74, 6) is 2.32. The first-order valence-corrected chi connectivity index (χ1v) is 8.57. The minimum atomic E-state index is 0.322. The molecule has 0 amide bonds. The molecule has 0 saturated carbocycles. The Morgan fingerprint density at radius 1 is 0.957 bits per heavy atom. The van der Waals surface area contributed by atoms with Crippen molar-refractivity contribution < 1.29 is 0 Å². The van der Waals surface area contributed by atoms with Crippen LogP contribution in [0.25, 0.3) is 5.70 Å². The maximum Gasteiger partial charge on any atom is 0.316 e. The van der Waals surface area contributed by atoms with Crippen molar-refractivity contribution >= 4 is 18.0 Å². The number of benzene rings is 2. The van der Waals surface area contributed by atoms with Crippen molar-refractivity contribution in [1.29, 1.82) is 0 Å². The van der Waals surface area contributed by atoms with Gasteiger partial charge in [-0.25, -0.2) is 0 Å². The van der Waals surface area contributed by atoms with Gasteiger partial charge in [0.1, 0.15) is 0 Å². The van der Waals surface area contributed by atoms with Crippen LogP contribution in [0.15, 0.2) is 72.7 Å². The molecule has 0 unspecified atom stereocenters. The summed E-state index contributed by atoms with van der Waals surface area (Å²) in [6.45, 7) is 5.87. The molecule has 2 heteroatoms. The van der Waals surface area contributed by atoms with Crippen LogP contribution in [0.3, 0.4) is 0 Å². The minimum Gasteiger partial charge on any atom is -0.407 e. The lowest BCUT2D eigenvalue weighted by Gasteiger charge is -2.35. The lowest BCUT2D eigenvalue weighted by molar-refractivity contribution is 0.567. The number of hydrogen-bond acceptors (Lipinski definition) is 1. The van der Waals surface area contributed by atoms with Crippen molar-refractivity contribution in [1.82, 2.24) is 4.81 Å². The highest BCUT2D eigenvalue weighted by atomic mass is 15.1. The number of hydrogen-bond donors (Lipinski definition) is 0. The second kappa shape index (κ2) is 7.37. The SMILES string of the molecule is CCCCN1B(c2ccccc2C)C=CC=C1c1ccccc1. The smallest absolute Gasteiger partial charge is 0.316 e. The van der Waals surface area contributed by atoms with Gasteiger partial charge in [0.05, 0.1) is 0 Å². The summed E-state index contributed by atoms with van der Waals surface area (Å²) < 4.78 is 0. The second-order valence-corrected chi connectivity index (χ2v) is 6.15. The van der Waals surface area contributed by atoms with Crippen LogP contribution in [-0.2, 0) is 0 Å². The molecule has 0 saturated heterocycles. The molecule has 23 heavy (non-hydrogen) atoms. The van der Waals surface area contributed by atoms with E-state index in [2.05, 4.69) is 91.4 Å². The third-order valence-electron chi connectivity index (χ3n) is 4.52. The molecular formula is C21H24BN. The Bertz CT molecular complexity index is 703. The molecule has 0 spiro atoms. The van der Waals surface area contributed by atoms with Crippen molar-refractivity contribution in [2.45, 2.75) is 26.7 Å². The van der Waals surface area contributed by atoms with E-state index in [4.69, 9.17) is 0 Å². The van der Waals surface area contributed by atoms with Crippen LogP contribution in [0.5, 0.6) is 0 Å². The summed E-state index contributed by atoms with van der Waals surface area (Å²) in [6, 6.07) is 19.5. The first-order chi connectivity index (χ1) is 11.3. The summed E-state index contributed by atoms with van der Waals surface area (Å²) in [4.78, 5) is 2.56. The molecule has 2 aromatic rings. The molecule has 0 aromatic heterocycles. The first kappa shape index (κ1) is 15.7. The predicted octanol–water partition coefficient (Wildman–Crippen LogP) is 4.45. The normalized spacial score (nSPS) is 14.1. The monoisotopic (exact) mass is 301 g/mol. The molecule has 1 aliphatic heterocycles. The summed E-state index contributed by atoms with van der Waals surface area (Å²) in [5.41, 5.74) is 5.39. The van der Waals surface area contributed by atoms with Crippen molar-refractivity contribution in [3.05, 3.63) is 83.9 Å². The quantitative estimate of drug-likeness (QED) is 0.738. The Labute approximate surface area is 140 Å². The van der Waals surface area contributed by atoms with Crippen molar-refractivity contribution in [2.75, 3.05) is 6.54 Å². The van der Waals surface area contributed by atoms with Gasteiger partial charge in [-0.3, -0.25) is 0 Å². The van der Waals surface area contributed by atoms with E-state index in [1.54, 1.807) is 0 Å². The highest BCUT2D eigenvalue weighted by Crippen LogP contribution is 2.25. The van der Waals surface area contributed by atoms with Crippen molar-refractivity contribution in [3.63, 3.8) is 0 Å². The van der Waals surface area contributed by atoms with E-state index >= 15 is 0 Å². The van der Waals surface area contributed by atoms with Gasteiger partial charge >= 0.3 is 6.85 Å². The largest absolute Gasteiger partial charge is 0.407 e. The molecule has 2 aromatic carbocycles. The van der Waals surface area contributed by atoms with Crippen LogP contribution in [0, 0.1) is 6.92 Å². The average molecular weight is 301 g/mol. The Balaban J connectivity index is 1.99. The average Bonchev–Trinajstić information content (AvgIpc) is 2.61. The molecule has 1 heterocycles. The van der Waals surface area contributed by atoms with E-state index in [1.165, 1.54) is 35.1 Å². The van der Waals surface area contributed by atoms with Gasteiger partial charge in [0, 0.05) is 12.2 Å². The molecule has 0 fully saturated rings.